The van der Waals surface area contributed by atoms with Crippen molar-refractivity contribution in [3.63, 3.8) is 0 Å². The molecule has 5 heteroatoms. The standard InChI is InChI=1S/C14H18O4Si/c1-4-11(19-18-8(2)3)9-6-5-7-10-12(9)14(16)17-13(10)15/h5-8,11H,4,19H2,1-3H3. The molecule has 0 bridgehead atoms. The summed E-state index contributed by atoms with van der Waals surface area (Å²) in [5.74, 6) is -1.06. The van der Waals surface area contributed by atoms with Crippen LogP contribution in [0.4, 0.5) is 0 Å². The summed E-state index contributed by atoms with van der Waals surface area (Å²) in [6.45, 7) is 6.09. The minimum atomic E-state index is -0.798. The van der Waals surface area contributed by atoms with Gasteiger partial charge in [0.1, 0.15) is 0 Å². The zero-order valence-corrected chi connectivity index (χ0v) is 12.8. The Morgan fingerprint density at radius 2 is 2.00 bits per heavy atom. The molecule has 19 heavy (non-hydrogen) atoms. The highest BCUT2D eigenvalue weighted by Crippen LogP contribution is 2.30. The van der Waals surface area contributed by atoms with Crippen LogP contribution in [0.1, 0.15) is 59.0 Å². The molecular weight excluding hydrogens is 260 g/mol. The molecule has 0 spiro atoms. The number of cyclic esters (lactones) is 2. The molecule has 0 N–H and O–H groups in total. The molecule has 1 heterocycles. The fourth-order valence-electron chi connectivity index (χ4n) is 2.23. The quantitative estimate of drug-likeness (QED) is 0.469. The SMILES string of the molecule is CCC([SiH2]OC(C)C)c1cccc2c1C(=O)OC2=O. The van der Waals surface area contributed by atoms with Crippen LogP contribution >= 0.6 is 0 Å². The third-order valence-corrected chi connectivity index (χ3v) is 5.55. The van der Waals surface area contributed by atoms with Crippen LogP contribution in [0.5, 0.6) is 0 Å². The Balaban J connectivity index is 2.34. The van der Waals surface area contributed by atoms with Crippen LogP contribution in [0.25, 0.3) is 0 Å². The molecule has 0 radical (unpaired) electrons. The molecule has 4 nitrogen and oxygen atoms in total. The zero-order valence-electron chi connectivity index (χ0n) is 11.4. The van der Waals surface area contributed by atoms with Crippen molar-refractivity contribution in [3.8, 4) is 0 Å². The van der Waals surface area contributed by atoms with E-state index >= 15 is 0 Å². The molecule has 2 rings (SSSR count). The van der Waals surface area contributed by atoms with Crippen molar-refractivity contribution in [2.45, 2.75) is 38.8 Å². The molecule has 0 saturated heterocycles. The number of esters is 2. The van der Waals surface area contributed by atoms with Crippen molar-refractivity contribution < 1.29 is 18.8 Å². The first-order valence-electron chi connectivity index (χ1n) is 6.55. The highest BCUT2D eigenvalue weighted by Gasteiger charge is 2.33. The first-order valence-corrected chi connectivity index (χ1v) is 7.95. The average Bonchev–Trinajstić information content (AvgIpc) is 2.66. The summed E-state index contributed by atoms with van der Waals surface area (Å²) in [6.07, 6.45) is 1.10. The maximum atomic E-state index is 11.8. The minimum absolute atomic E-state index is 0.200. The van der Waals surface area contributed by atoms with Gasteiger partial charge in [0, 0.05) is 6.10 Å². The van der Waals surface area contributed by atoms with Gasteiger partial charge in [-0.25, -0.2) is 9.59 Å². The number of carbonyl (C=O) groups is 2. The fraction of sp³-hybridized carbons (Fsp3) is 0.429. The van der Waals surface area contributed by atoms with Crippen LogP contribution in [0.15, 0.2) is 18.2 Å². The van der Waals surface area contributed by atoms with Gasteiger partial charge in [0.15, 0.2) is 9.76 Å². The molecule has 0 aromatic heterocycles. The van der Waals surface area contributed by atoms with E-state index in [2.05, 4.69) is 11.7 Å². The maximum absolute atomic E-state index is 11.8. The van der Waals surface area contributed by atoms with E-state index in [1.165, 1.54) is 0 Å². The molecule has 1 aromatic carbocycles. The van der Waals surface area contributed by atoms with Gasteiger partial charge >= 0.3 is 11.9 Å². The number of hydrogen-bond acceptors (Lipinski definition) is 4. The molecular formula is C14H18O4Si. The van der Waals surface area contributed by atoms with Gasteiger partial charge in [0.05, 0.1) is 11.1 Å². The molecule has 1 aromatic rings. The predicted molar refractivity (Wildman–Crippen MR) is 74.0 cm³/mol. The lowest BCUT2D eigenvalue weighted by molar-refractivity contribution is 0.0443. The minimum Gasteiger partial charge on any atom is -0.421 e. The smallest absolute Gasteiger partial charge is 0.347 e. The maximum Gasteiger partial charge on any atom is 0.347 e. The molecule has 0 fully saturated rings. The number of hydrogen-bond donors (Lipinski definition) is 0. The zero-order chi connectivity index (χ0) is 14.0. The van der Waals surface area contributed by atoms with E-state index in [1.54, 1.807) is 12.1 Å². The first-order chi connectivity index (χ1) is 9.04. The van der Waals surface area contributed by atoms with Gasteiger partial charge in [-0.15, -0.1) is 0 Å². The summed E-state index contributed by atoms with van der Waals surface area (Å²) in [7, 11) is -0.798. The van der Waals surface area contributed by atoms with E-state index in [0.29, 0.717) is 11.1 Å². The number of fused-ring (bicyclic) bond motifs is 1. The summed E-state index contributed by atoms with van der Waals surface area (Å²) in [6, 6.07) is 5.35. The second-order valence-electron chi connectivity index (χ2n) is 4.93. The van der Waals surface area contributed by atoms with E-state index in [4.69, 9.17) is 4.43 Å². The van der Waals surface area contributed by atoms with Crippen LogP contribution in [-0.2, 0) is 9.16 Å². The Hall–Kier alpha value is -1.46. The molecule has 1 aliphatic rings. The Bertz CT molecular complexity index is 510. The highest BCUT2D eigenvalue weighted by molar-refractivity contribution is 6.30. The van der Waals surface area contributed by atoms with Gasteiger partial charge in [0.2, 0.25) is 0 Å². The number of ether oxygens (including phenoxy) is 1. The van der Waals surface area contributed by atoms with Crippen LogP contribution in [-0.4, -0.2) is 27.8 Å². The Morgan fingerprint density at radius 1 is 1.26 bits per heavy atom. The topological polar surface area (TPSA) is 52.6 Å². The van der Waals surface area contributed by atoms with Crippen molar-refractivity contribution in [3.05, 3.63) is 34.9 Å². The van der Waals surface area contributed by atoms with Crippen molar-refractivity contribution in [2.24, 2.45) is 0 Å². The van der Waals surface area contributed by atoms with E-state index in [1.807, 2.05) is 19.9 Å². The number of benzene rings is 1. The van der Waals surface area contributed by atoms with Crippen LogP contribution in [0.2, 0.25) is 0 Å². The molecule has 1 atom stereocenters. The lowest BCUT2D eigenvalue weighted by Crippen LogP contribution is -2.18. The van der Waals surface area contributed by atoms with E-state index in [-0.39, 0.29) is 11.6 Å². The van der Waals surface area contributed by atoms with Crippen molar-refractivity contribution >= 4 is 21.7 Å². The van der Waals surface area contributed by atoms with Crippen LogP contribution in [0, 0.1) is 0 Å². The summed E-state index contributed by atoms with van der Waals surface area (Å²) in [5, 5.41) is 0. The third-order valence-electron chi connectivity index (χ3n) is 3.27. The largest absolute Gasteiger partial charge is 0.421 e. The summed E-state index contributed by atoms with van der Waals surface area (Å²) in [4.78, 5) is 23.3. The van der Waals surface area contributed by atoms with Crippen LogP contribution < -0.4 is 0 Å². The lowest BCUT2D eigenvalue weighted by atomic mass is 9.99. The molecule has 102 valence electrons. The number of rotatable bonds is 5. The van der Waals surface area contributed by atoms with Gasteiger partial charge in [-0.05, 0) is 37.4 Å². The Morgan fingerprint density at radius 3 is 2.63 bits per heavy atom. The normalized spacial score (nSPS) is 16.2. The lowest BCUT2D eigenvalue weighted by Gasteiger charge is -2.18. The van der Waals surface area contributed by atoms with E-state index in [9.17, 15) is 9.59 Å². The van der Waals surface area contributed by atoms with Crippen LogP contribution in [0.3, 0.4) is 0 Å². The van der Waals surface area contributed by atoms with Crippen molar-refractivity contribution in [1.82, 2.24) is 0 Å². The third kappa shape index (κ3) is 2.77. The molecule has 0 aliphatic carbocycles. The summed E-state index contributed by atoms with van der Waals surface area (Å²) in [5.41, 5.74) is 1.97. The Labute approximate surface area is 115 Å². The number of carbonyl (C=O) groups excluding carboxylic acids is 2. The van der Waals surface area contributed by atoms with Gasteiger partial charge in [-0.3, -0.25) is 0 Å². The predicted octanol–water partition coefficient (Wildman–Crippen LogP) is 1.96. The highest BCUT2D eigenvalue weighted by atomic mass is 28.2. The van der Waals surface area contributed by atoms with Crippen molar-refractivity contribution in [2.75, 3.05) is 0 Å². The Kier molecular flexibility index (Phi) is 4.16. The van der Waals surface area contributed by atoms with Gasteiger partial charge < -0.3 is 9.16 Å². The molecule has 0 saturated carbocycles. The van der Waals surface area contributed by atoms with E-state index in [0.717, 1.165) is 12.0 Å². The van der Waals surface area contributed by atoms with Gasteiger partial charge in [-0.1, -0.05) is 19.1 Å². The van der Waals surface area contributed by atoms with Crippen molar-refractivity contribution in [1.29, 1.82) is 0 Å². The van der Waals surface area contributed by atoms with Gasteiger partial charge in [0.25, 0.3) is 0 Å². The first kappa shape index (κ1) is 14.0. The van der Waals surface area contributed by atoms with E-state index < -0.39 is 21.7 Å². The molecule has 1 aliphatic heterocycles. The average molecular weight is 278 g/mol. The summed E-state index contributed by atoms with van der Waals surface area (Å²) >= 11 is 0. The summed E-state index contributed by atoms with van der Waals surface area (Å²) < 4.78 is 10.5. The van der Waals surface area contributed by atoms with Gasteiger partial charge in [-0.2, -0.15) is 0 Å². The molecule has 1 unspecified atom stereocenters. The molecule has 0 amide bonds. The second-order valence-corrected chi connectivity index (χ2v) is 6.59. The fourth-order valence-corrected chi connectivity index (χ4v) is 3.61. The monoisotopic (exact) mass is 278 g/mol. The second kappa shape index (κ2) is 5.67.